The number of anilines is 1. The molecule has 0 aromatic heterocycles. The molecule has 5 amide bonds. The van der Waals surface area contributed by atoms with Gasteiger partial charge in [-0.2, -0.15) is 13.2 Å². The zero-order valence-corrected chi connectivity index (χ0v) is 21.4. The van der Waals surface area contributed by atoms with Crippen molar-refractivity contribution < 1.29 is 42.3 Å². The maximum Gasteiger partial charge on any atom is 0.417 e. The summed E-state index contributed by atoms with van der Waals surface area (Å²) < 4.78 is 39.4. The quantitative estimate of drug-likeness (QED) is 0.340. The van der Waals surface area contributed by atoms with E-state index in [1.165, 1.54) is 4.90 Å². The van der Waals surface area contributed by atoms with Crippen LogP contribution in [-0.4, -0.2) is 52.3 Å². The highest BCUT2D eigenvalue weighted by atomic mass is 35.5. The Kier molecular flexibility index (Phi) is 7.87. The summed E-state index contributed by atoms with van der Waals surface area (Å²) in [5.41, 5.74) is -0.0550. The Labute approximate surface area is 230 Å². The highest BCUT2D eigenvalue weighted by Gasteiger charge is 2.39. The zero-order valence-electron chi connectivity index (χ0n) is 20.7. The summed E-state index contributed by atoms with van der Waals surface area (Å²) in [5, 5.41) is 13.4. The summed E-state index contributed by atoms with van der Waals surface area (Å²) in [6.07, 6.45) is -4.41. The van der Waals surface area contributed by atoms with Crippen LogP contribution < -0.4 is 15.5 Å². The molecule has 0 saturated carbocycles. The number of nitrogens with one attached hydrogen (secondary N) is 2. The number of piperidine rings is 1. The lowest BCUT2D eigenvalue weighted by molar-refractivity contribution is -0.138. The second-order valence-corrected chi connectivity index (χ2v) is 9.61. The molecular weight excluding hydrogens is 557 g/mol. The molecule has 2 heterocycles. The molecule has 1 fully saturated rings. The third kappa shape index (κ3) is 5.93. The smallest absolute Gasteiger partial charge is 0.417 e. The number of carbonyl (C=O) groups excluding carboxylic acids is 4. The van der Waals surface area contributed by atoms with Gasteiger partial charge in [-0.05, 0) is 41.8 Å². The largest absolute Gasteiger partial charge is 0.478 e. The molecule has 10 nitrogen and oxygen atoms in total. The number of carboxylic acid groups (broad SMARTS) is 1. The van der Waals surface area contributed by atoms with Crippen LogP contribution >= 0.6 is 11.6 Å². The van der Waals surface area contributed by atoms with Crippen LogP contribution in [-0.2, 0) is 33.6 Å². The second kappa shape index (κ2) is 11.0. The topological polar surface area (TPSA) is 136 Å². The molecule has 210 valence electrons. The normalized spacial score (nSPS) is 16.9. The molecule has 2 aliphatic rings. The van der Waals surface area contributed by atoms with Crippen LogP contribution in [0.25, 0.3) is 0 Å². The summed E-state index contributed by atoms with van der Waals surface area (Å²) in [7, 11) is 0. The van der Waals surface area contributed by atoms with E-state index in [0.717, 1.165) is 17.0 Å². The number of fused-ring (bicyclic) bond motifs is 1. The summed E-state index contributed by atoms with van der Waals surface area (Å²) in [6, 6.07) is 5.76. The lowest BCUT2D eigenvalue weighted by Crippen LogP contribution is -2.52. The van der Waals surface area contributed by atoms with Gasteiger partial charge in [0.15, 0.2) is 0 Å². The van der Waals surface area contributed by atoms with Gasteiger partial charge in [0.1, 0.15) is 6.04 Å². The predicted octanol–water partition coefficient (Wildman–Crippen LogP) is 3.48. The Bertz CT molecular complexity index is 1440. The standard InChI is InChI=1S/C26H22ClF3N4O6/c1-13(24(38)39)11-33(16-3-5-18(19(27)9-16)26(28,29)30)25(40)31-10-14-2-4-17-15(8-14)12-34(23(17)37)20-6-7-21(35)32-22(20)36/h2-5,8-9,20H,1,6-7,10-12H2,(H,31,40)(H,38,39)(H,32,35,36). The first-order valence-electron chi connectivity index (χ1n) is 11.9. The van der Waals surface area contributed by atoms with Crippen molar-refractivity contribution in [1.82, 2.24) is 15.5 Å². The van der Waals surface area contributed by atoms with Gasteiger partial charge in [0, 0.05) is 36.3 Å². The molecule has 2 aromatic rings. The van der Waals surface area contributed by atoms with Gasteiger partial charge in [-0.3, -0.25) is 24.6 Å². The number of rotatable bonds is 7. The van der Waals surface area contributed by atoms with Crippen molar-refractivity contribution in [2.75, 3.05) is 11.4 Å². The van der Waals surface area contributed by atoms with Gasteiger partial charge in [0.25, 0.3) is 5.91 Å². The van der Waals surface area contributed by atoms with E-state index in [2.05, 4.69) is 17.2 Å². The molecule has 1 unspecified atom stereocenters. The molecule has 0 spiro atoms. The number of aliphatic carboxylic acids is 1. The van der Waals surface area contributed by atoms with Crippen molar-refractivity contribution in [2.24, 2.45) is 0 Å². The predicted molar refractivity (Wildman–Crippen MR) is 135 cm³/mol. The fraction of sp³-hybridized carbons (Fsp3) is 0.269. The van der Waals surface area contributed by atoms with E-state index >= 15 is 0 Å². The SMILES string of the molecule is C=C(CN(C(=O)NCc1ccc2c(c1)CN(C1CCC(=O)NC1=O)C2=O)c1ccc(C(F)(F)F)c(Cl)c1)C(=O)O. The van der Waals surface area contributed by atoms with Crippen LogP contribution in [0.4, 0.5) is 23.7 Å². The number of carboxylic acids is 1. The molecule has 0 aliphatic carbocycles. The second-order valence-electron chi connectivity index (χ2n) is 9.21. The van der Waals surface area contributed by atoms with Crippen LogP contribution in [0.15, 0.2) is 48.6 Å². The van der Waals surface area contributed by atoms with Crippen LogP contribution in [0.3, 0.4) is 0 Å². The average Bonchev–Trinajstić information content (AvgIpc) is 3.20. The van der Waals surface area contributed by atoms with Crippen LogP contribution in [0, 0.1) is 0 Å². The molecule has 0 radical (unpaired) electrons. The molecule has 1 saturated heterocycles. The first-order chi connectivity index (χ1) is 18.8. The molecule has 2 aromatic carbocycles. The number of benzene rings is 2. The Morgan fingerprint density at radius 1 is 1.18 bits per heavy atom. The van der Waals surface area contributed by atoms with Crippen molar-refractivity contribution in [2.45, 2.75) is 38.1 Å². The number of amides is 5. The summed E-state index contributed by atoms with van der Waals surface area (Å²) in [4.78, 5) is 63.2. The van der Waals surface area contributed by atoms with Gasteiger partial charge in [0.2, 0.25) is 11.8 Å². The summed E-state index contributed by atoms with van der Waals surface area (Å²) in [5.74, 6) is -2.71. The highest BCUT2D eigenvalue weighted by Crippen LogP contribution is 2.37. The lowest BCUT2D eigenvalue weighted by Gasteiger charge is -2.29. The Hall–Kier alpha value is -4.39. The number of hydrogen-bond acceptors (Lipinski definition) is 5. The molecule has 3 N–H and O–H groups in total. The Morgan fingerprint density at radius 2 is 1.90 bits per heavy atom. The van der Waals surface area contributed by atoms with E-state index in [9.17, 15) is 42.3 Å². The van der Waals surface area contributed by atoms with Crippen molar-refractivity contribution in [3.05, 3.63) is 75.8 Å². The molecule has 2 aliphatic heterocycles. The molecule has 0 bridgehead atoms. The minimum atomic E-state index is -4.73. The zero-order chi connectivity index (χ0) is 29.4. The third-order valence-electron chi connectivity index (χ3n) is 6.50. The van der Waals surface area contributed by atoms with Crippen molar-refractivity contribution in [3.8, 4) is 0 Å². The molecule has 4 rings (SSSR count). The first-order valence-corrected chi connectivity index (χ1v) is 12.2. The van der Waals surface area contributed by atoms with E-state index in [1.54, 1.807) is 18.2 Å². The maximum absolute atomic E-state index is 13.1. The Balaban J connectivity index is 1.49. The monoisotopic (exact) mass is 578 g/mol. The van der Waals surface area contributed by atoms with Crippen molar-refractivity contribution >= 4 is 47.0 Å². The number of imide groups is 1. The van der Waals surface area contributed by atoms with Gasteiger partial charge in [0.05, 0.1) is 17.1 Å². The van der Waals surface area contributed by atoms with E-state index in [1.807, 2.05) is 0 Å². The van der Waals surface area contributed by atoms with Gasteiger partial charge in [-0.1, -0.05) is 30.3 Å². The summed E-state index contributed by atoms with van der Waals surface area (Å²) >= 11 is 5.79. The van der Waals surface area contributed by atoms with Gasteiger partial charge in [-0.25, -0.2) is 9.59 Å². The van der Waals surface area contributed by atoms with Gasteiger partial charge >= 0.3 is 18.2 Å². The first kappa shape index (κ1) is 28.6. The van der Waals surface area contributed by atoms with Crippen molar-refractivity contribution in [3.63, 3.8) is 0 Å². The fourth-order valence-electron chi connectivity index (χ4n) is 4.45. The fourth-order valence-corrected chi connectivity index (χ4v) is 4.73. The number of urea groups is 1. The highest BCUT2D eigenvalue weighted by molar-refractivity contribution is 6.31. The van der Waals surface area contributed by atoms with E-state index < -0.39 is 58.7 Å². The maximum atomic E-state index is 13.1. The van der Waals surface area contributed by atoms with Crippen LogP contribution in [0.2, 0.25) is 5.02 Å². The summed E-state index contributed by atoms with van der Waals surface area (Å²) in [6.45, 7) is 2.89. The third-order valence-corrected chi connectivity index (χ3v) is 6.81. The average molecular weight is 579 g/mol. The number of carbonyl (C=O) groups is 5. The van der Waals surface area contributed by atoms with Crippen LogP contribution in [0.1, 0.15) is 39.9 Å². The van der Waals surface area contributed by atoms with E-state index in [4.69, 9.17) is 11.6 Å². The lowest BCUT2D eigenvalue weighted by atomic mass is 10.0. The van der Waals surface area contributed by atoms with Gasteiger partial charge in [-0.15, -0.1) is 0 Å². The van der Waals surface area contributed by atoms with Crippen LogP contribution in [0.5, 0.6) is 0 Å². The molecule has 14 heteroatoms. The minimum absolute atomic E-state index is 0.0802. The molecule has 1 atom stereocenters. The van der Waals surface area contributed by atoms with Gasteiger partial charge < -0.3 is 15.3 Å². The number of nitrogens with zero attached hydrogens (tertiary/aromatic N) is 2. The Morgan fingerprint density at radius 3 is 2.52 bits per heavy atom. The van der Waals surface area contributed by atoms with Crippen molar-refractivity contribution in [1.29, 1.82) is 0 Å². The van der Waals surface area contributed by atoms with E-state index in [-0.39, 0.29) is 37.5 Å². The number of hydrogen-bond donors (Lipinski definition) is 3. The minimum Gasteiger partial charge on any atom is -0.478 e. The molecule has 40 heavy (non-hydrogen) atoms. The number of halogens is 4. The molecular formula is C26H22ClF3N4O6. The van der Waals surface area contributed by atoms with E-state index in [0.29, 0.717) is 22.8 Å². The number of alkyl halides is 3.